The van der Waals surface area contributed by atoms with E-state index >= 15 is 0 Å². The van der Waals surface area contributed by atoms with Gasteiger partial charge in [0.15, 0.2) is 6.61 Å². The van der Waals surface area contributed by atoms with Gasteiger partial charge in [0.25, 0.3) is 5.91 Å². The van der Waals surface area contributed by atoms with Crippen molar-refractivity contribution in [2.75, 3.05) is 11.9 Å². The second-order valence-electron chi connectivity index (χ2n) is 4.58. The summed E-state index contributed by atoms with van der Waals surface area (Å²) < 4.78 is 4.91. The van der Waals surface area contributed by atoms with E-state index < -0.39 is 18.5 Å². The zero-order chi connectivity index (χ0) is 17.0. The van der Waals surface area contributed by atoms with Gasteiger partial charge in [-0.3, -0.25) is 4.79 Å². The molecule has 2 aromatic rings. The summed E-state index contributed by atoms with van der Waals surface area (Å²) in [4.78, 5) is 27.4. The molecule has 2 rings (SSSR count). The van der Waals surface area contributed by atoms with Crippen LogP contribution in [0.15, 0.2) is 30.3 Å². The Morgan fingerprint density at radius 3 is 2.43 bits per heavy atom. The van der Waals surface area contributed by atoms with E-state index in [2.05, 4.69) is 10.3 Å². The molecule has 0 aliphatic rings. The van der Waals surface area contributed by atoms with Crippen molar-refractivity contribution < 1.29 is 14.3 Å². The fraction of sp³-hybridized carbons (Fsp3) is 0.133. The van der Waals surface area contributed by atoms with Crippen LogP contribution in [-0.2, 0) is 9.53 Å². The Kier molecular flexibility index (Phi) is 5.82. The van der Waals surface area contributed by atoms with Crippen molar-refractivity contribution in [2.45, 2.75) is 6.92 Å². The zero-order valence-electron chi connectivity index (χ0n) is 11.9. The van der Waals surface area contributed by atoms with Gasteiger partial charge < -0.3 is 10.1 Å². The summed E-state index contributed by atoms with van der Waals surface area (Å²) in [6, 6.07) is 7.69. The van der Waals surface area contributed by atoms with Crippen LogP contribution in [0, 0.1) is 6.92 Å². The van der Waals surface area contributed by atoms with Crippen LogP contribution in [-0.4, -0.2) is 23.5 Å². The van der Waals surface area contributed by atoms with E-state index in [0.717, 1.165) is 5.56 Å². The second-order valence-corrected chi connectivity index (χ2v) is 5.80. The van der Waals surface area contributed by atoms with Crippen molar-refractivity contribution in [3.8, 4) is 0 Å². The monoisotopic (exact) mass is 372 g/mol. The zero-order valence-corrected chi connectivity index (χ0v) is 14.2. The Morgan fingerprint density at radius 1 is 1.13 bits per heavy atom. The molecule has 0 fully saturated rings. The molecule has 1 aromatic heterocycles. The number of amides is 1. The number of ether oxygens (including phenoxy) is 1. The highest BCUT2D eigenvalue weighted by molar-refractivity contribution is 6.33. The molecule has 0 atom stereocenters. The van der Waals surface area contributed by atoms with Crippen LogP contribution in [0.1, 0.15) is 15.9 Å². The number of nitrogens with zero attached hydrogens (tertiary/aromatic N) is 1. The van der Waals surface area contributed by atoms with E-state index in [0.29, 0.717) is 10.7 Å². The van der Waals surface area contributed by atoms with Crippen LogP contribution < -0.4 is 5.32 Å². The summed E-state index contributed by atoms with van der Waals surface area (Å²) >= 11 is 17.3. The Bertz CT molecular complexity index is 745. The lowest BCUT2D eigenvalue weighted by Crippen LogP contribution is -2.21. The number of hydrogen-bond donors (Lipinski definition) is 1. The van der Waals surface area contributed by atoms with E-state index in [1.165, 1.54) is 12.1 Å². The molecule has 0 aliphatic carbocycles. The van der Waals surface area contributed by atoms with Gasteiger partial charge in [-0.2, -0.15) is 0 Å². The number of carbonyl (C=O) groups is 2. The maximum atomic E-state index is 11.9. The fourth-order valence-electron chi connectivity index (χ4n) is 1.71. The van der Waals surface area contributed by atoms with E-state index in [1.807, 2.05) is 6.92 Å². The average molecular weight is 374 g/mol. The van der Waals surface area contributed by atoms with Crippen molar-refractivity contribution in [3.05, 3.63) is 56.8 Å². The van der Waals surface area contributed by atoms with Crippen molar-refractivity contribution in [3.63, 3.8) is 0 Å². The molecule has 1 aromatic carbocycles. The predicted octanol–water partition coefficient (Wildman–Crippen LogP) is 4.15. The molecular formula is C15H11Cl3N2O3. The molecule has 0 unspecified atom stereocenters. The third-order valence-corrected chi connectivity index (χ3v) is 3.43. The molecule has 1 amide bonds. The smallest absolute Gasteiger partial charge is 0.338 e. The van der Waals surface area contributed by atoms with Gasteiger partial charge in [0, 0.05) is 10.7 Å². The number of hydrogen-bond acceptors (Lipinski definition) is 4. The van der Waals surface area contributed by atoms with E-state index in [9.17, 15) is 9.59 Å². The van der Waals surface area contributed by atoms with Gasteiger partial charge in [0.05, 0.1) is 5.56 Å². The number of aryl methyl sites for hydroxylation is 1. The second kappa shape index (κ2) is 7.64. The molecular weight excluding hydrogens is 363 g/mol. The summed E-state index contributed by atoms with van der Waals surface area (Å²) in [6.07, 6.45) is 0. The number of carbonyl (C=O) groups excluding carboxylic acids is 2. The number of halogens is 3. The van der Waals surface area contributed by atoms with Gasteiger partial charge in [-0.1, -0.05) is 40.9 Å². The van der Waals surface area contributed by atoms with Gasteiger partial charge in [-0.15, -0.1) is 0 Å². The molecule has 0 spiro atoms. The normalized spacial score (nSPS) is 10.3. The first-order valence-corrected chi connectivity index (χ1v) is 7.55. The first kappa shape index (κ1) is 17.5. The van der Waals surface area contributed by atoms with Crippen LogP contribution in [0.5, 0.6) is 0 Å². The van der Waals surface area contributed by atoms with Gasteiger partial charge in [0.2, 0.25) is 0 Å². The number of nitrogens with one attached hydrogen (secondary N) is 1. The lowest BCUT2D eigenvalue weighted by atomic mass is 10.2. The molecule has 0 saturated carbocycles. The van der Waals surface area contributed by atoms with E-state index in [1.54, 1.807) is 18.2 Å². The highest BCUT2D eigenvalue weighted by Crippen LogP contribution is 2.20. The largest absolute Gasteiger partial charge is 0.452 e. The third kappa shape index (κ3) is 5.10. The first-order chi connectivity index (χ1) is 10.8. The molecule has 1 heterocycles. The minimum absolute atomic E-state index is 0.0588. The molecule has 0 aliphatic heterocycles. The molecule has 1 N–H and O–H groups in total. The molecule has 0 bridgehead atoms. The summed E-state index contributed by atoms with van der Waals surface area (Å²) in [5, 5.41) is 3.22. The van der Waals surface area contributed by atoms with Gasteiger partial charge in [-0.05, 0) is 36.8 Å². The topological polar surface area (TPSA) is 68.3 Å². The molecule has 0 saturated heterocycles. The van der Waals surface area contributed by atoms with E-state index in [-0.39, 0.29) is 15.9 Å². The summed E-state index contributed by atoms with van der Waals surface area (Å²) in [7, 11) is 0. The minimum Gasteiger partial charge on any atom is -0.452 e. The number of pyridine rings is 1. The molecule has 0 radical (unpaired) electrons. The van der Waals surface area contributed by atoms with Crippen LogP contribution >= 0.6 is 34.8 Å². The Balaban J connectivity index is 1.96. The fourth-order valence-corrected chi connectivity index (χ4v) is 2.34. The van der Waals surface area contributed by atoms with Crippen molar-refractivity contribution in [2.24, 2.45) is 0 Å². The van der Waals surface area contributed by atoms with Crippen molar-refractivity contribution >= 4 is 52.4 Å². The maximum Gasteiger partial charge on any atom is 0.338 e. The molecule has 23 heavy (non-hydrogen) atoms. The molecule has 120 valence electrons. The average Bonchev–Trinajstić information content (AvgIpc) is 2.47. The quantitative estimate of drug-likeness (QED) is 0.646. The summed E-state index contributed by atoms with van der Waals surface area (Å²) in [5.41, 5.74) is 1.50. The number of esters is 1. The van der Waals surface area contributed by atoms with E-state index in [4.69, 9.17) is 39.5 Å². The summed E-state index contributed by atoms with van der Waals surface area (Å²) in [5.74, 6) is -1.22. The lowest BCUT2D eigenvalue weighted by molar-refractivity contribution is -0.119. The van der Waals surface area contributed by atoms with Gasteiger partial charge in [-0.25, -0.2) is 9.78 Å². The number of benzene rings is 1. The Labute approximate surface area is 147 Å². The lowest BCUT2D eigenvalue weighted by Gasteiger charge is -2.09. The standard InChI is InChI=1S/C15H11Cl3N2O3/c1-8-2-3-10(16)6-11(8)19-14(21)7-23-15(22)9-4-12(17)20-13(18)5-9/h2-6H,7H2,1H3,(H,19,21). The molecule has 8 heteroatoms. The highest BCUT2D eigenvalue weighted by atomic mass is 35.5. The Morgan fingerprint density at radius 2 is 1.78 bits per heavy atom. The number of rotatable bonds is 4. The van der Waals surface area contributed by atoms with Gasteiger partial charge >= 0.3 is 5.97 Å². The Hall–Kier alpha value is -1.82. The summed E-state index contributed by atoms with van der Waals surface area (Å²) in [6.45, 7) is 1.36. The van der Waals surface area contributed by atoms with Crippen LogP contribution in [0.2, 0.25) is 15.3 Å². The molecule has 5 nitrogen and oxygen atoms in total. The maximum absolute atomic E-state index is 11.9. The number of anilines is 1. The SMILES string of the molecule is Cc1ccc(Cl)cc1NC(=O)COC(=O)c1cc(Cl)nc(Cl)c1. The van der Waals surface area contributed by atoms with Crippen LogP contribution in [0.3, 0.4) is 0 Å². The predicted molar refractivity (Wildman–Crippen MR) is 89.4 cm³/mol. The highest BCUT2D eigenvalue weighted by Gasteiger charge is 2.13. The van der Waals surface area contributed by atoms with Crippen molar-refractivity contribution in [1.29, 1.82) is 0 Å². The first-order valence-electron chi connectivity index (χ1n) is 6.41. The number of aromatic nitrogens is 1. The van der Waals surface area contributed by atoms with Crippen LogP contribution in [0.4, 0.5) is 5.69 Å². The minimum atomic E-state index is -0.728. The van der Waals surface area contributed by atoms with Gasteiger partial charge in [0.1, 0.15) is 10.3 Å². The van der Waals surface area contributed by atoms with Crippen molar-refractivity contribution in [1.82, 2.24) is 4.98 Å². The van der Waals surface area contributed by atoms with Crippen LogP contribution in [0.25, 0.3) is 0 Å². The third-order valence-electron chi connectivity index (χ3n) is 2.81.